The van der Waals surface area contributed by atoms with E-state index in [-0.39, 0.29) is 43.6 Å². The Morgan fingerprint density at radius 2 is 0.938 bits per heavy atom. The maximum Gasteiger partial charge on any atom is 0.326 e. The Labute approximate surface area is 571 Å². The highest BCUT2D eigenvalue weighted by atomic mass is 16.4. The third-order valence-corrected chi connectivity index (χ3v) is 18.7. The van der Waals surface area contributed by atoms with Gasteiger partial charge < -0.3 is 71.1 Å². The molecule has 1 saturated heterocycles. The molecular formula is C70H120N12O14. The molecule has 0 radical (unpaired) electrons. The third-order valence-electron chi connectivity index (χ3n) is 18.7. The first-order chi connectivity index (χ1) is 44.5. The molecule has 96 heavy (non-hydrogen) atoms. The molecule has 0 spiro atoms. The molecule has 1 heterocycles. The number of nitrogens with one attached hydrogen (secondary N) is 5. The quantitative estimate of drug-likeness (QED) is 0.0507. The summed E-state index contributed by atoms with van der Waals surface area (Å²) in [6, 6.07) is -4.88. The highest BCUT2D eigenvalue weighted by molar-refractivity contribution is 6.00. The van der Waals surface area contributed by atoms with E-state index in [2.05, 4.69) is 26.6 Å². The highest BCUT2D eigenvalue weighted by Gasteiger charge is 2.48. The van der Waals surface area contributed by atoms with Crippen LogP contribution in [0.2, 0.25) is 0 Å². The number of likely N-dealkylation sites (tertiary alicyclic amines) is 1. The van der Waals surface area contributed by atoms with Gasteiger partial charge in [-0.1, -0.05) is 148 Å². The van der Waals surface area contributed by atoms with Crippen LogP contribution in [-0.2, 0) is 64.0 Å². The van der Waals surface area contributed by atoms with E-state index >= 15 is 24.0 Å². The molecule has 0 aromatic heterocycles. The van der Waals surface area contributed by atoms with E-state index in [1.54, 1.807) is 128 Å². The second-order valence-electron chi connectivity index (χ2n) is 28.9. The number of benzene rings is 1. The average Bonchev–Trinajstić information content (AvgIpc) is 1.32. The average molecular weight is 1350 g/mol. The molecule has 1 aromatic carbocycles. The first kappa shape index (κ1) is 84.9. The van der Waals surface area contributed by atoms with Gasteiger partial charge in [-0.3, -0.25) is 52.7 Å². The van der Waals surface area contributed by atoms with Crippen molar-refractivity contribution in [3.8, 4) is 0 Å². The molecule has 0 unspecified atom stereocenters. The van der Waals surface area contributed by atoms with Gasteiger partial charge in [0.2, 0.25) is 65.0 Å². The lowest BCUT2D eigenvalue weighted by molar-refractivity contribution is -0.158. The first-order valence-corrected chi connectivity index (χ1v) is 34.2. The lowest BCUT2D eigenvalue weighted by Crippen LogP contribution is -2.64. The summed E-state index contributed by atoms with van der Waals surface area (Å²) in [7, 11) is 10.4. The summed E-state index contributed by atoms with van der Waals surface area (Å²) in [6.45, 7) is 31.1. The fourth-order valence-corrected chi connectivity index (χ4v) is 12.8. The molecule has 0 bridgehead atoms. The van der Waals surface area contributed by atoms with E-state index < -0.39 is 179 Å². The van der Waals surface area contributed by atoms with Crippen molar-refractivity contribution in [2.45, 2.75) is 235 Å². The van der Waals surface area contributed by atoms with Crippen LogP contribution in [0.1, 0.15) is 156 Å². The van der Waals surface area contributed by atoms with Crippen molar-refractivity contribution in [2.75, 3.05) is 55.9 Å². The van der Waals surface area contributed by atoms with E-state index in [1.807, 2.05) is 26.8 Å². The van der Waals surface area contributed by atoms with Crippen LogP contribution in [0.15, 0.2) is 30.3 Å². The number of nitrogens with zero attached hydrogens (tertiary/aromatic N) is 7. The number of aliphatic carboxylic acids is 1. The number of hydrogen-bond acceptors (Lipinski definition) is 14. The normalized spacial score (nSPS) is 17.4. The molecule has 1 aromatic rings. The van der Waals surface area contributed by atoms with E-state index in [4.69, 9.17) is 0 Å². The number of carboxylic acids is 1. The minimum absolute atomic E-state index is 0.0186. The molecule has 0 saturated carbocycles. The van der Waals surface area contributed by atoms with E-state index in [0.717, 1.165) is 0 Å². The van der Waals surface area contributed by atoms with Gasteiger partial charge in [-0.05, 0) is 93.1 Å². The molecule has 11 amide bonds. The second-order valence-corrected chi connectivity index (χ2v) is 28.9. The van der Waals surface area contributed by atoms with Crippen LogP contribution in [0.25, 0.3) is 0 Å². The lowest BCUT2D eigenvalue weighted by atomic mass is 9.93. The van der Waals surface area contributed by atoms with E-state index in [9.17, 15) is 43.8 Å². The minimum atomic E-state index is -1.62. The number of carbonyl (C=O) groups excluding carboxylic acids is 11. The second kappa shape index (κ2) is 38.1. The van der Waals surface area contributed by atoms with Gasteiger partial charge in [0, 0.05) is 55.3 Å². The van der Waals surface area contributed by atoms with Crippen LogP contribution in [-0.4, -0.2) is 250 Å². The Morgan fingerprint density at radius 3 is 1.40 bits per heavy atom. The molecule has 0 aliphatic carbocycles. The number of carbonyl (C=O) groups is 12. The van der Waals surface area contributed by atoms with Crippen molar-refractivity contribution in [2.24, 2.45) is 47.3 Å². The van der Waals surface area contributed by atoms with Crippen molar-refractivity contribution in [3.63, 3.8) is 0 Å². The molecule has 2 rings (SSSR count). The van der Waals surface area contributed by atoms with Crippen molar-refractivity contribution >= 4 is 70.9 Å². The van der Waals surface area contributed by atoms with Gasteiger partial charge in [-0.25, -0.2) is 4.79 Å². The van der Waals surface area contributed by atoms with E-state index in [0.29, 0.717) is 18.4 Å². The molecular weight excluding hydrogens is 1230 g/mol. The molecule has 7 N–H and O–H groups in total. The number of aliphatic hydroxyl groups is 1. The summed E-state index contributed by atoms with van der Waals surface area (Å²) in [4.78, 5) is 181. The highest BCUT2D eigenvalue weighted by Crippen LogP contribution is 2.29. The molecule has 26 heteroatoms. The third kappa shape index (κ3) is 21.9. The van der Waals surface area contributed by atoms with Gasteiger partial charge in [0.05, 0.1) is 12.1 Å². The number of rotatable bonds is 36. The van der Waals surface area contributed by atoms with Gasteiger partial charge in [0.25, 0.3) is 0 Å². The molecule has 14 atom stereocenters. The summed E-state index contributed by atoms with van der Waals surface area (Å²) in [5, 5.41) is 34.6. The topological polar surface area (TPSA) is 328 Å². The molecule has 1 aliphatic rings. The number of aliphatic hydroxyl groups excluding tert-OH is 1. The smallest absolute Gasteiger partial charge is 0.326 e. The van der Waals surface area contributed by atoms with Crippen molar-refractivity contribution < 1.29 is 67.7 Å². The summed E-state index contributed by atoms with van der Waals surface area (Å²) in [5.41, 5.74) is 0.701. The predicted octanol–water partition coefficient (Wildman–Crippen LogP) is 3.22. The SMILES string of the molecule is CC[C@H](C)[C@@H](C(=O)N[C@@H](CC(C)C)C(=O)O)N(C)C(=O)[C@H](Cc1ccccc1)N(C)C(=O)[C@H](C(C)C)N(C)C(=O)[C@H](C(C)C)N(C)C(=O)[C@@H]1CCCN1C(=O)[C@H](C(C)C)N(C)C(=O)[C@@H](NC(=O)[C@@H](NC(=O)[C@@H](NC(=O)[C@H](C(C)C)N(C)C(=O)[C@H](C)NC)C(C)C)[C@@H](C)O)C(C)C. The zero-order chi connectivity index (χ0) is 74.0. The summed E-state index contributed by atoms with van der Waals surface area (Å²) in [5.74, 6) is -11.8. The molecule has 1 fully saturated rings. The number of hydrogen-bond donors (Lipinski definition) is 7. The fraction of sp³-hybridized carbons (Fsp3) is 0.743. The largest absolute Gasteiger partial charge is 0.480 e. The Balaban J connectivity index is 2.53. The zero-order valence-corrected chi connectivity index (χ0v) is 62.2. The standard InChI is InChI=1S/C70H120N12O14/c1-26-44(16)58(62(87)72-48(70(95)96)35-37(2)3)81(25)65(90)50(36-47-31-28-27-29-32-47)76(20)67(92)55(41(10)11)80(24)68(93)56(42(12)13)78(22)64(89)49-33-30-34-82(49)69(94)57(43(14)15)79(23)66(91)52(39(6)7)74-60(85)53(46(18)83)75-59(84)51(38(4)5)73-61(86)54(40(8)9)77(21)63(88)45(17)71-19/h27-29,31-32,37-46,48-58,71,83H,26,30,33-36H2,1-25H3,(H,72,87)(H,73,86)(H,74,85)(H,75,84)(H,95,96)/t44-,45-,46+,48-,49-,50-,51-,52-,53-,54-,55-,56-,57-,58-/m0/s1. The van der Waals surface area contributed by atoms with Crippen molar-refractivity contribution in [1.82, 2.24) is 60.9 Å². The lowest BCUT2D eigenvalue weighted by Gasteiger charge is -2.42. The van der Waals surface area contributed by atoms with Crippen LogP contribution in [0.5, 0.6) is 0 Å². The fourth-order valence-electron chi connectivity index (χ4n) is 12.8. The Morgan fingerprint density at radius 1 is 0.500 bits per heavy atom. The number of likely N-dealkylation sites (N-methyl/N-ethyl adjacent to an activating group) is 7. The maximum absolute atomic E-state index is 15.2. The van der Waals surface area contributed by atoms with E-state index in [1.165, 1.54) is 83.5 Å². The van der Waals surface area contributed by atoms with Crippen LogP contribution in [0.4, 0.5) is 0 Å². The Kier molecular flexibility index (Phi) is 33.7. The van der Waals surface area contributed by atoms with Gasteiger partial charge in [-0.2, -0.15) is 0 Å². The van der Waals surface area contributed by atoms with Gasteiger partial charge in [-0.15, -0.1) is 0 Å². The van der Waals surface area contributed by atoms with Crippen molar-refractivity contribution in [3.05, 3.63) is 35.9 Å². The molecule has 544 valence electrons. The predicted molar refractivity (Wildman–Crippen MR) is 368 cm³/mol. The number of carboxylic acid groups (broad SMARTS) is 1. The zero-order valence-electron chi connectivity index (χ0n) is 62.2. The molecule has 26 nitrogen and oxygen atoms in total. The van der Waals surface area contributed by atoms with Gasteiger partial charge >= 0.3 is 5.97 Å². The van der Waals surface area contributed by atoms with Crippen LogP contribution in [0, 0.1) is 47.3 Å². The van der Waals surface area contributed by atoms with Crippen LogP contribution in [0.3, 0.4) is 0 Å². The monoisotopic (exact) mass is 1350 g/mol. The summed E-state index contributed by atoms with van der Waals surface area (Å²) >= 11 is 0. The first-order valence-electron chi connectivity index (χ1n) is 34.2. The maximum atomic E-state index is 15.2. The summed E-state index contributed by atoms with van der Waals surface area (Å²) in [6.07, 6.45) is -0.255. The van der Waals surface area contributed by atoms with Gasteiger partial charge in [0.1, 0.15) is 66.5 Å². The van der Waals surface area contributed by atoms with Gasteiger partial charge in [0.15, 0.2) is 0 Å². The van der Waals surface area contributed by atoms with Crippen molar-refractivity contribution in [1.29, 1.82) is 0 Å². The Hall–Kier alpha value is -7.22. The summed E-state index contributed by atoms with van der Waals surface area (Å²) < 4.78 is 0. The van der Waals surface area contributed by atoms with Crippen LogP contribution >= 0.6 is 0 Å². The number of amides is 11. The Bertz CT molecular complexity index is 2810. The minimum Gasteiger partial charge on any atom is -0.480 e. The molecule has 1 aliphatic heterocycles. The van der Waals surface area contributed by atoms with Crippen LogP contribution < -0.4 is 26.6 Å².